The minimum Gasteiger partial charge on any atom is -0.366 e. The topological polar surface area (TPSA) is 92.5 Å². The highest BCUT2D eigenvalue weighted by atomic mass is 16.2. The van der Waals surface area contributed by atoms with Crippen molar-refractivity contribution in [2.24, 2.45) is 11.7 Å². The number of hydrogen-bond acceptors (Lipinski definition) is 3. The Morgan fingerprint density at radius 2 is 1.80 bits per heavy atom. The number of nitrogens with zero attached hydrogens (tertiary/aromatic N) is 1. The molecule has 3 N–H and O–H groups in total. The molecule has 0 aliphatic carbocycles. The molecule has 0 radical (unpaired) electrons. The summed E-state index contributed by atoms with van der Waals surface area (Å²) in [5.74, 6) is -1.47. The summed E-state index contributed by atoms with van der Waals surface area (Å²) >= 11 is 0. The maximum Gasteiger partial charge on any atom is 0.250 e. The Bertz CT molecular complexity index is 830. The summed E-state index contributed by atoms with van der Waals surface area (Å²) in [5, 5.41) is 2.72. The number of nitrogens with two attached hydrogens (primary N) is 1. The fourth-order valence-electron chi connectivity index (χ4n) is 2.90. The van der Waals surface area contributed by atoms with Crippen molar-refractivity contribution in [3.63, 3.8) is 0 Å². The molecule has 6 heteroatoms. The van der Waals surface area contributed by atoms with Gasteiger partial charge < -0.3 is 16.0 Å². The van der Waals surface area contributed by atoms with E-state index >= 15 is 0 Å². The minimum absolute atomic E-state index is 0.0906. The minimum atomic E-state index is -0.611. The molecule has 1 saturated heterocycles. The molecule has 1 atom stereocenters. The number of primary amides is 1. The SMILES string of the molecule is Cc1ccc(N2C[C@H](C(=O)Nc3ccccc3C(N)=O)CC2=O)cc1. The van der Waals surface area contributed by atoms with Crippen LogP contribution in [0.2, 0.25) is 0 Å². The zero-order chi connectivity index (χ0) is 18.0. The van der Waals surface area contributed by atoms with E-state index in [-0.39, 0.29) is 23.8 Å². The molecule has 3 rings (SSSR count). The highest BCUT2D eigenvalue weighted by Gasteiger charge is 2.35. The molecule has 2 aromatic carbocycles. The van der Waals surface area contributed by atoms with Crippen LogP contribution in [0.1, 0.15) is 22.3 Å². The van der Waals surface area contributed by atoms with Gasteiger partial charge in [-0.3, -0.25) is 14.4 Å². The number of nitrogens with one attached hydrogen (secondary N) is 1. The largest absolute Gasteiger partial charge is 0.366 e. The number of rotatable bonds is 4. The van der Waals surface area contributed by atoms with Crippen LogP contribution < -0.4 is 16.0 Å². The van der Waals surface area contributed by atoms with E-state index in [1.165, 1.54) is 0 Å². The molecule has 128 valence electrons. The second-order valence-electron chi connectivity index (χ2n) is 6.14. The standard InChI is InChI=1S/C19H19N3O3/c1-12-6-8-14(9-7-12)22-11-13(10-17(22)23)19(25)21-16-5-3-2-4-15(16)18(20)24/h2-9,13H,10-11H2,1H3,(H2,20,24)(H,21,25)/t13-/m1/s1. The normalized spacial score (nSPS) is 16.8. The Labute approximate surface area is 145 Å². The summed E-state index contributed by atoms with van der Waals surface area (Å²) in [5.41, 5.74) is 7.82. The smallest absolute Gasteiger partial charge is 0.250 e. The van der Waals surface area contributed by atoms with E-state index in [2.05, 4.69) is 5.32 Å². The van der Waals surface area contributed by atoms with E-state index in [4.69, 9.17) is 5.73 Å². The third kappa shape index (κ3) is 3.52. The zero-order valence-electron chi connectivity index (χ0n) is 13.9. The molecule has 0 bridgehead atoms. The van der Waals surface area contributed by atoms with Gasteiger partial charge in [0.1, 0.15) is 0 Å². The molecule has 1 heterocycles. The van der Waals surface area contributed by atoms with Crippen molar-refractivity contribution in [1.82, 2.24) is 0 Å². The molecule has 1 aliphatic rings. The van der Waals surface area contributed by atoms with Gasteiger partial charge in [-0.05, 0) is 31.2 Å². The number of carbonyl (C=O) groups is 3. The first-order chi connectivity index (χ1) is 12.0. The Kier molecular flexibility index (Phi) is 4.52. The third-order valence-corrected chi connectivity index (χ3v) is 4.29. The predicted molar refractivity (Wildman–Crippen MR) is 95.2 cm³/mol. The lowest BCUT2D eigenvalue weighted by Gasteiger charge is -2.17. The van der Waals surface area contributed by atoms with Gasteiger partial charge in [-0.25, -0.2) is 0 Å². The van der Waals surface area contributed by atoms with Crippen LogP contribution in [0.25, 0.3) is 0 Å². The number of benzene rings is 2. The maximum atomic E-state index is 12.5. The molecule has 0 aromatic heterocycles. The predicted octanol–water partition coefficient (Wildman–Crippen LogP) is 2.09. The molecular weight excluding hydrogens is 318 g/mol. The molecule has 6 nitrogen and oxygen atoms in total. The Hall–Kier alpha value is -3.15. The van der Waals surface area contributed by atoms with E-state index in [9.17, 15) is 14.4 Å². The first-order valence-electron chi connectivity index (χ1n) is 8.02. The molecule has 1 fully saturated rings. The molecule has 1 aliphatic heterocycles. The quantitative estimate of drug-likeness (QED) is 0.894. The number of hydrogen-bond donors (Lipinski definition) is 2. The monoisotopic (exact) mass is 337 g/mol. The van der Waals surface area contributed by atoms with E-state index in [0.717, 1.165) is 11.3 Å². The Morgan fingerprint density at radius 1 is 1.12 bits per heavy atom. The van der Waals surface area contributed by atoms with E-state index < -0.39 is 11.8 Å². The van der Waals surface area contributed by atoms with Crippen molar-refractivity contribution < 1.29 is 14.4 Å². The average Bonchev–Trinajstić information content (AvgIpc) is 2.98. The van der Waals surface area contributed by atoms with Crippen LogP contribution in [-0.4, -0.2) is 24.3 Å². The Morgan fingerprint density at radius 3 is 2.48 bits per heavy atom. The lowest BCUT2D eigenvalue weighted by atomic mass is 10.1. The highest BCUT2D eigenvalue weighted by molar-refractivity contribution is 6.06. The summed E-state index contributed by atoms with van der Waals surface area (Å²) in [6.45, 7) is 2.29. The summed E-state index contributed by atoms with van der Waals surface area (Å²) in [6.07, 6.45) is 0.137. The highest BCUT2D eigenvalue weighted by Crippen LogP contribution is 2.26. The van der Waals surface area contributed by atoms with E-state index in [1.54, 1.807) is 29.2 Å². The fourth-order valence-corrected chi connectivity index (χ4v) is 2.90. The molecule has 25 heavy (non-hydrogen) atoms. The Balaban J connectivity index is 1.73. The van der Waals surface area contributed by atoms with Gasteiger partial charge >= 0.3 is 0 Å². The first kappa shape index (κ1) is 16.7. The summed E-state index contributed by atoms with van der Waals surface area (Å²) in [7, 11) is 0. The van der Waals surface area contributed by atoms with Crippen LogP contribution in [0.3, 0.4) is 0 Å². The maximum absolute atomic E-state index is 12.5. The summed E-state index contributed by atoms with van der Waals surface area (Å²) < 4.78 is 0. The lowest BCUT2D eigenvalue weighted by molar-refractivity contribution is -0.122. The van der Waals surface area contributed by atoms with Crippen molar-refractivity contribution in [2.75, 3.05) is 16.8 Å². The van der Waals surface area contributed by atoms with Crippen molar-refractivity contribution >= 4 is 29.1 Å². The van der Waals surface area contributed by atoms with Crippen molar-refractivity contribution in [3.8, 4) is 0 Å². The molecular formula is C19H19N3O3. The summed E-state index contributed by atoms with van der Waals surface area (Å²) in [6, 6.07) is 14.2. The molecule has 2 aromatic rings. The van der Waals surface area contributed by atoms with Gasteiger partial charge in [0.2, 0.25) is 11.8 Å². The van der Waals surface area contributed by atoms with Gasteiger partial charge in [0, 0.05) is 18.7 Å². The third-order valence-electron chi connectivity index (χ3n) is 4.29. The molecule has 3 amide bonds. The number of aryl methyl sites for hydroxylation is 1. The van der Waals surface area contributed by atoms with Crippen molar-refractivity contribution in [3.05, 3.63) is 59.7 Å². The zero-order valence-corrected chi connectivity index (χ0v) is 13.9. The number of para-hydroxylation sites is 1. The molecule has 0 unspecified atom stereocenters. The van der Waals surface area contributed by atoms with Gasteiger partial charge in [0.15, 0.2) is 0 Å². The van der Waals surface area contributed by atoms with Crippen LogP contribution in [-0.2, 0) is 9.59 Å². The molecule has 0 spiro atoms. The average molecular weight is 337 g/mol. The van der Waals surface area contributed by atoms with Gasteiger partial charge in [-0.1, -0.05) is 29.8 Å². The second kappa shape index (κ2) is 6.76. The van der Waals surface area contributed by atoms with Crippen LogP contribution in [0, 0.1) is 12.8 Å². The van der Waals surface area contributed by atoms with Gasteiger partial charge in [-0.2, -0.15) is 0 Å². The van der Waals surface area contributed by atoms with Crippen LogP contribution in [0.4, 0.5) is 11.4 Å². The number of amides is 3. The van der Waals surface area contributed by atoms with Gasteiger partial charge in [-0.15, -0.1) is 0 Å². The second-order valence-corrected chi connectivity index (χ2v) is 6.14. The van der Waals surface area contributed by atoms with Crippen LogP contribution in [0.15, 0.2) is 48.5 Å². The number of carbonyl (C=O) groups excluding carboxylic acids is 3. The number of anilines is 2. The first-order valence-corrected chi connectivity index (χ1v) is 8.02. The van der Waals surface area contributed by atoms with Crippen molar-refractivity contribution in [1.29, 1.82) is 0 Å². The lowest BCUT2D eigenvalue weighted by Crippen LogP contribution is -2.28. The van der Waals surface area contributed by atoms with Crippen LogP contribution >= 0.6 is 0 Å². The van der Waals surface area contributed by atoms with E-state index in [1.807, 2.05) is 31.2 Å². The molecule has 0 saturated carbocycles. The van der Waals surface area contributed by atoms with Crippen molar-refractivity contribution in [2.45, 2.75) is 13.3 Å². The van der Waals surface area contributed by atoms with Crippen LogP contribution in [0.5, 0.6) is 0 Å². The van der Waals surface area contributed by atoms with Gasteiger partial charge in [0.05, 0.1) is 17.2 Å². The fraction of sp³-hybridized carbons (Fsp3) is 0.211. The van der Waals surface area contributed by atoms with E-state index in [0.29, 0.717) is 12.2 Å². The van der Waals surface area contributed by atoms with Gasteiger partial charge in [0.25, 0.3) is 5.91 Å². The summed E-state index contributed by atoms with van der Waals surface area (Å²) in [4.78, 5) is 37.9.